The number of carbonyl (C=O) groups is 1. The van der Waals surface area contributed by atoms with Crippen LogP contribution in [0.4, 0.5) is 0 Å². The van der Waals surface area contributed by atoms with E-state index in [1.54, 1.807) is 17.8 Å². The molecule has 2 rings (SSSR count). The standard InChI is InChI=1S/C13H15NO3S/c1-2-7-17-10-5-3-9(4-6-10)12-14-11(8-18-12)13(15)16/h2-6,11-12,14H,1,7-8H2,(H,15,16)/t11-,12+/m0/s1. The number of rotatable bonds is 5. The van der Waals surface area contributed by atoms with Gasteiger partial charge in [0.05, 0.1) is 5.75 Å². The zero-order valence-corrected chi connectivity index (χ0v) is 10.7. The summed E-state index contributed by atoms with van der Waals surface area (Å²) in [5.74, 6) is 0.385. The number of carbonyl (C=O) groups excluding carboxylic acids is 1. The highest BCUT2D eigenvalue weighted by Gasteiger charge is 2.30. The van der Waals surface area contributed by atoms with Crippen molar-refractivity contribution < 1.29 is 20.0 Å². The molecule has 96 valence electrons. The molecule has 0 aromatic heterocycles. The molecule has 18 heavy (non-hydrogen) atoms. The summed E-state index contributed by atoms with van der Waals surface area (Å²) in [6.45, 7) is 4.07. The van der Waals surface area contributed by atoms with E-state index >= 15 is 0 Å². The van der Waals surface area contributed by atoms with Crippen LogP contribution in [0.25, 0.3) is 0 Å². The van der Waals surface area contributed by atoms with Crippen molar-refractivity contribution in [3.05, 3.63) is 42.5 Å². The Morgan fingerprint density at radius 3 is 2.83 bits per heavy atom. The van der Waals surface area contributed by atoms with Crippen LogP contribution in [0.5, 0.6) is 5.75 Å². The average molecular weight is 265 g/mol. The quantitative estimate of drug-likeness (QED) is 0.741. The molecule has 2 atom stereocenters. The van der Waals surface area contributed by atoms with Crippen LogP contribution in [-0.4, -0.2) is 24.4 Å². The van der Waals surface area contributed by atoms with Crippen LogP contribution in [0.15, 0.2) is 36.9 Å². The fraction of sp³-hybridized carbons (Fsp3) is 0.308. The molecule has 5 heteroatoms. The zero-order chi connectivity index (χ0) is 13.0. The number of hydrogen-bond donors (Lipinski definition) is 1. The molecule has 4 nitrogen and oxygen atoms in total. The number of ether oxygens (including phenoxy) is 1. The Kier molecular flexibility index (Phi) is 4.28. The molecule has 1 saturated heterocycles. The van der Waals surface area contributed by atoms with Gasteiger partial charge in [-0.2, -0.15) is 0 Å². The topological polar surface area (TPSA) is 66.0 Å². The smallest absolute Gasteiger partial charge is 0.159 e. The largest absolute Gasteiger partial charge is 0.544 e. The maximum atomic E-state index is 10.8. The van der Waals surface area contributed by atoms with E-state index in [0.717, 1.165) is 11.3 Å². The maximum absolute atomic E-state index is 10.8. The van der Waals surface area contributed by atoms with Gasteiger partial charge in [-0.25, -0.2) is 0 Å². The van der Waals surface area contributed by atoms with Crippen LogP contribution in [-0.2, 0) is 4.79 Å². The highest BCUT2D eigenvalue weighted by Crippen LogP contribution is 2.27. The van der Waals surface area contributed by atoms with Crippen molar-refractivity contribution in [1.82, 2.24) is 0 Å². The van der Waals surface area contributed by atoms with Crippen molar-refractivity contribution in [3.63, 3.8) is 0 Å². The van der Waals surface area contributed by atoms with Gasteiger partial charge in [0.15, 0.2) is 5.37 Å². The molecule has 2 N–H and O–H groups in total. The number of thioether (sulfide) groups is 1. The first-order chi connectivity index (χ1) is 8.70. The Hall–Kier alpha value is -1.46. The van der Waals surface area contributed by atoms with Gasteiger partial charge in [-0.05, 0) is 24.3 Å². The van der Waals surface area contributed by atoms with Crippen LogP contribution in [0.1, 0.15) is 10.9 Å². The molecule has 0 amide bonds. The average Bonchev–Trinajstić information content (AvgIpc) is 2.87. The molecule has 0 unspecified atom stereocenters. The number of carboxylic acid groups (broad SMARTS) is 1. The number of aliphatic carboxylic acids is 1. The van der Waals surface area contributed by atoms with E-state index in [1.807, 2.05) is 29.6 Å². The number of nitrogens with two attached hydrogens (primary N) is 1. The molecular formula is C13H15NO3S. The van der Waals surface area contributed by atoms with E-state index in [2.05, 4.69) is 6.58 Å². The summed E-state index contributed by atoms with van der Waals surface area (Å²) in [4.78, 5) is 10.8. The highest BCUT2D eigenvalue weighted by molar-refractivity contribution is 7.99. The van der Waals surface area contributed by atoms with Crippen molar-refractivity contribution in [2.75, 3.05) is 12.4 Å². The summed E-state index contributed by atoms with van der Waals surface area (Å²) < 4.78 is 5.39. The molecule has 1 aliphatic heterocycles. The first kappa shape index (κ1) is 13.0. The van der Waals surface area contributed by atoms with Gasteiger partial charge < -0.3 is 20.0 Å². The van der Waals surface area contributed by atoms with Crippen LogP contribution in [0.2, 0.25) is 0 Å². The van der Waals surface area contributed by atoms with Crippen LogP contribution < -0.4 is 15.2 Å². The Bertz CT molecular complexity index is 432. The predicted octanol–water partition coefficient (Wildman–Crippen LogP) is -0.321. The Morgan fingerprint density at radius 2 is 2.28 bits per heavy atom. The molecule has 1 aromatic rings. The van der Waals surface area contributed by atoms with Crippen LogP contribution in [0, 0.1) is 0 Å². The zero-order valence-electron chi connectivity index (χ0n) is 9.87. The van der Waals surface area contributed by atoms with E-state index in [-0.39, 0.29) is 5.37 Å². The van der Waals surface area contributed by atoms with Gasteiger partial charge in [-0.3, -0.25) is 0 Å². The van der Waals surface area contributed by atoms with E-state index in [1.165, 1.54) is 0 Å². The lowest BCUT2D eigenvalue weighted by Gasteiger charge is -2.11. The molecule has 0 radical (unpaired) electrons. The number of benzene rings is 1. The van der Waals surface area contributed by atoms with E-state index in [0.29, 0.717) is 12.4 Å². The Morgan fingerprint density at radius 1 is 1.56 bits per heavy atom. The van der Waals surface area contributed by atoms with Crippen molar-refractivity contribution in [1.29, 1.82) is 0 Å². The monoisotopic (exact) mass is 265 g/mol. The lowest BCUT2D eigenvalue weighted by Crippen LogP contribution is -2.90. The van der Waals surface area contributed by atoms with Gasteiger partial charge in [0.25, 0.3) is 0 Å². The molecule has 0 spiro atoms. The second kappa shape index (κ2) is 5.93. The van der Waals surface area contributed by atoms with E-state index in [9.17, 15) is 9.90 Å². The summed E-state index contributed by atoms with van der Waals surface area (Å²) in [6.07, 6.45) is 1.69. The minimum atomic E-state index is -0.990. The van der Waals surface area contributed by atoms with Crippen molar-refractivity contribution >= 4 is 17.7 Å². The maximum Gasteiger partial charge on any atom is 0.159 e. The van der Waals surface area contributed by atoms with Gasteiger partial charge in [-0.15, -0.1) is 0 Å². The number of carboxylic acids is 1. The van der Waals surface area contributed by atoms with Crippen molar-refractivity contribution in [3.8, 4) is 5.75 Å². The SMILES string of the molecule is C=CCOc1ccc([C@@H]2[NH2+][C@H](C(=O)[O-])CS2)cc1. The second-order valence-corrected chi connectivity index (χ2v) is 5.22. The van der Waals surface area contributed by atoms with Crippen molar-refractivity contribution in [2.45, 2.75) is 11.4 Å². The van der Waals surface area contributed by atoms with Gasteiger partial charge in [0, 0.05) is 5.56 Å². The predicted molar refractivity (Wildman–Crippen MR) is 68.1 cm³/mol. The van der Waals surface area contributed by atoms with Crippen LogP contribution >= 0.6 is 11.8 Å². The summed E-state index contributed by atoms with van der Waals surface area (Å²) in [7, 11) is 0. The third kappa shape index (κ3) is 3.05. The van der Waals surface area contributed by atoms with Gasteiger partial charge in [0.2, 0.25) is 0 Å². The van der Waals surface area contributed by atoms with Gasteiger partial charge in [0.1, 0.15) is 24.4 Å². The summed E-state index contributed by atoms with van der Waals surface area (Å²) in [5, 5.41) is 12.7. The Balaban J connectivity index is 1.98. The molecule has 0 saturated carbocycles. The minimum Gasteiger partial charge on any atom is -0.544 e. The fourth-order valence-electron chi connectivity index (χ4n) is 1.79. The normalized spacial score (nSPS) is 22.7. The first-order valence-corrected chi connectivity index (χ1v) is 6.76. The lowest BCUT2D eigenvalue weighted by molar-refractivity contribution is -0.690. The second-order valence-electron chi connectivity index (χ2n) is 4.04. The molecule has 1 fully saturated rings. The summed E-state index contributed by atoms with van der Waals surface area (Å²) >= 11 is 1.62. The molecule has 1 heterocycles. The van der Waals surface area contributed by atoms with E-state index < -0.39 is 12.0 Å². The lowest BCUT2D eigenvalue weighted by atomic mass is 10.2. The molecule has 0 aliphatic carbocycles. The van der Waals surface area contributed by atoms with Gasteiger partial charge in [-0.1, -0.05) is 24.4 Å². The molecule has 1 aromatic carbocycles. The first-order valence-electron chi connectivity index (χ1n) is 5.72. The van der Waals surface area contributed by atoms with E-state index in [4.69, 9.17) is 4.74 Å². The minimum absolute atomic E-state index is 0.126. The molecule has 1 aliphatic rings. The number of quaternary nitrogens is 1. The van der Waals surface area contributed by atoms with Crippen LogP contribution in [0.3, 0.4) is 0 Å². The third-order valence-corrected chi connectivity index (χ3v) is 4.08. The summed E-state index contributed by atoms with van der Waals surface area (Å²) in [6, 6.07) is 7.25. The summed E-state index contributed by atoms with van der Waals surface area (Å²) in [5.41, 5.74) is 1.09. The van der Waals surface area contributed by atoms with Crippen molar-refractivity contribution in [2.24, 2.45) is 0 Å². The fourth-order valence-corrected chi connectivity index (χ4v) is 3.10. The molecule has 0 bridgehead atoms. The van der Waals surface area contributed by atoms with Gasteiger partial charge >= 0.3 is 0 Å². The molecular weight excluding hydrogens is 250 g/mol. The Labute approximate surface area is 110 Å². The highest BCUT2D eigenvalue weighted by atomic mass is 32.2. The third-order valence-electron chi connectivity index (χ3n) is 2.74. The number of hydrogen-bond acceptors (Lipinski definition) is 4.